The van der Waals surface area contributed by atoms with Crippen LogP contribution in [0.4, 0.5) is 0 Å². The van der Waals surface area contributed by atoms with E-state index in [1.54, 1.807) is 0 Å². The average molecular weight is 345 g/mol. The molecule has 1 saturated carbocycles. The van der Waals surface area contributed by atoms with Gasteiger partial charge in [-0.2, -0.15) is 0 Å². The summed E-state index contributed by atoms with van der Waals surface area (Å²) in [4.78, 5) is 24.0. The van der Waals surface area contributed by atoms with Crippen LogP contribution in [0.5, 0.6) is 0 Å². The summed E-state index contributed by atoms with van der Waals surface area (Å²) in [5, 5.41) is 5.71. The highest BCUT2D eigenvalue weighted by atomic mass is 32.2. The Labute approximate surface area is 138 Å². The average Bonchev–Trinajstić information content (AvgIpc) is 2.97. The first-order chi connectivity index (χ1) is 10.8. The molecule has 0 aromatic heterocycles. The quantitative estimate of drug-likeness (QED) is 0.745. The van der Waals surface area contributed by atoms with Crippen LogP contribution < -0.4 is 10.6 Å². The first-order valence-corrected chi connectivity index (χ1v) is 10.1. The van der Waals surface area contributed by atoms with Gasteiger partial charge in [-0.3, -0.25) is 9.59 Å². The Morgan fingerprint density at radius 2 is 1.78 bits per heavy atom. The number of sulfonamides is 1. The van der Waals surface area contributed by atoms with E-state index in [1.807, 2.05) is 0 Å². The topological polar surface area (TPSA) is 95.6 Å². The molecule has 2 rings (SSSR count). The summed E-state index contributed by atoms with van der Waals surface area (Å²) < 4.78 is 24.7. The number of nitrogens with zero attached hydrogens (tertiary/aromatic N) is 1. The molecule has 1 aliphatic heterocycles. The van der Waals surface area contributed by atoms with E-state index >= 15 is 0 Å². The lowest BCUT2D eigenvalue weighted by molar-refractivity contribution is -0.130. The van der Waals surface area contributed by atoms with Gasteiger partial charge < -0.3 is 10.6 Å². The maximum Gasteiger partial charge on any atom is 0.243 e. The Kier molecular flexibility index (Phi) is 6.02. The van der Waals surface area contributed by atoms with E-state index in [1.165, 1.54) is 17.5 Å². The van der Waals surface area contributed by atoms with Crippen LogP contribution in [-0.2, 0) is 19.6 Å². The highest BCUT2D eigenvalue weighted by molar-refractivity contribution is 7.88. The second-order valence-corrected chi connectivity index (χ2v) is 8.67. The van der Waals surface area contributed by atoms with Crippen molar-refractivity contribution >= 4 is 21.8 Å². The van der Waals surface area contributed by atoms with E-state index in [0.29, 0.717) is 13.1 Å². The van der Waals surface area contributed by atoms with Crippen LogP contribution in [0.1, 0.15) is 45.4 Å². The number of carbonyl (C=O) groups is 2. The smallest absolute Gasteiger partial charge is 0.243 e. The van der Waals surface area contributed by atoms with Gasteiger partial charge in [-0.05, 0) is 31.6 Å². The molecule has 0 bridgehead atoms. The summed E-state index contributed by atoms with van der Waals surface area (Å²) in [7, 11) is -3.24. The number of hydrogen-bond donors (Lipinski definition) is 2. The van der Waals surface area contributed by atoms with Crippen molar-refractivity contribution in [1.29, 1.82) is 0 Å². The fraction of sp³-hybridized carbons (Fsp3) is 0.867. The molecule has 2 fully saturated rings. The summed E-state index contributed by atoms with van der Waals surface area (Å²) in [6, 6.07) is -0.702. The molecule has 1 saturated heterocycles. The van der Waals surface area contributed by atoms with E-state index in [9.17, 15) is 18.0 Å². The Bertz CT molecular complexity index is 543. The van der Waals surface area contributed by atoms with Crippen LogP contribution in [-0.4, -0.2) is 56.0 Å². The first-order valence-electron chi connectivity index (χ1n) is 8.30. The SMILES string of the molecule is CC(=O)NC(C(=O)NC1CCCN(S(C)(=O)=O)C1)C1CCCC1. The van der Waals surface area contributed by atoms with E-state index in [-0.39, 0.29) is 23.8 Å². The molecule has 7 nitrogen and oxygen atoms in total. The molecular formula is C15H27N3O4S. The summed E-state index contributed by atoms with van der Waals surface area (Å²) in [6.07, 6.45) is 6.73. The molecule has 0 radical (unpaired) electrons. The van der Waals surface area contributed by atoms with E-state index in [2.05, 4.69) is 10.6 Å². The number of piperidine rings is 1. The predicted octanol–water partition coefficient (Wildman–Crippen LogP) is 0.222. The monoisotopic (exact) mass is 345 g/mol. The maximum absolute atomic E-state index is 12.6. The van der Waals surface area contributed by atoms with Crippen LogP contribution in [0.3, 0.4) is 0 Å². The fourth-order valence-corrected chi connectivity index (χ4v) is 4.47. The van der Waals surface area contributed by atoms with Crippen molar-refractivity contribution < 1.29 is 18.0 Å². The van der Waals surface area contributed by atoms with Gasteiger partial charge in [0.1, 0.15) is 6.04 Å². The fourth-order valence-electron chi connectivity index (χ4n) is 3.56. The number of hydrogen-bond acceptors (Lipinski definition) is 4. The molecule has 2 unspecified atom stereocenters. The molecule has 1 aliphatic carbocycles. The maximum atomic E-state index is 12.6. The lowest BCUT2D eigenvalue weighted by atomic mass is 9.96. The normalized spacial score (nSPS) is 25.0. The molecule has 8 heteroatoms. The Morgan fingerprint density at radius 3 is 2.35 bits per heavy atom. The van der Waals surface area contributed by atoms with Gasteiger partial charge in [0.2, 0.25) is 21.8 Å². The zero-order valence-corrected chi connectivity index (χ0v) is 14.7. The van der Waals surface area contributed by atoms with Gasteiger partial charge in [0.05, 0.1) is 6.26 Å². The highest BCUT2D eigenvalue weighted by Gasteiger charge is 2.34. The van der Waals surface area contributed by atoms with Crippen LogP contribution >= 0.6 is 0 Å². The van der Waals surface area contributed by atoms with E-state index in [4.69, 9.17) is 0 Å². The molecular weight excluding hydrogens is 318 g/mol. The minimum atomic E-state index is -3.24. The second-order valence-electron chi connectivity index (χ2n) is 6.69. The Balaban J connectivity index is 1.98. The summed E-state index contributed by atoms with van der Waals surface area (Å²) >= 11 is 0. The zero-order valence-electron chi connectivity index (χ0n) is 13.9. The molecule has 2 atom stereocenters. The molecule has 2 N–H and O–H groups in total. The molecule has 1 heterocycles. The lowest BCUT2D eigenvalue weighted by Crippen LogP contribution is -2.56. The van der Waals surface area contributed by atoms with Gasteiger partial charge in [0, 0.05) is 26.1 Å². The van der Waals surface area contributed by atoms with Crippen molar-refractivity contribution in [3.8, 4) is 0 Å². The van der Waals surface area contributed by atoms with Crippen molar-refractivity contribution in [3.05, 3.63) is 0 Å². The predicted molar refractivity (Wildman–Crippen MR) is 87.1 cm³/mol. The van der Waals surface area contributed by atoms with E-state index < -0.39 is 16.1 Å². The molecule has 0 aromatic rings. The Hall–Kier alpha value is -1.15. The van der Waals surface area contributed by atoms with Crippen LogP contribution in [0.25, 0.3) is 0 Å². The third-order valence-corrected chi connectivity index (χ3v) is 5.98. The molecule has 2 amide bonds. The van der Waals surface area contributed by atoms with Crippen molar-refractivity contribution in [3.63, 3.8) is 0 Å². The summed E-state index contributed by atoms with van der Waals surface area (Å²) in [6.45, 7) is 2.23. The first kappa shape index (κ1) is 18.2. The van der Waals surface area contributed by atoms with Crippen molar-refractivity contribution in [1.82, 2.24) is 14.9 Å². The lowest BCUT2D eigenvalue weighted by Gasteiger charge is -2.33. The minimum absolute atomic E-state index is 0.175. The van der Waals surface area contributed by atoms with Gasteiger partial charge in [0.25, 0.3) is 0 Å². The summed E-state index contributed by atoms with van der Waals surface area (Å²) in [5.74, 6) is -0.223. The van der Waals surface area contributed by atoms with Crippen LogP contribution in [0, 0.1) is 5.92 Å². The highest BCUT2D eigenvalue weighted by Crippen LogP contribution is 2.28. The van der Waals surface area contributed by atoms with Gasteiger partial charge in [-0.15, -0.1) is 0 Å². The molecule has 23 heavy (non-hydrogen) atoms. The molecule has 0 aromatic carbocycles. The van der Waals surface area contributed by atoms with Gasteiger partial charge in [0.15, 0.2) is 0 Å². The zero-order chi connectivity index (χ0) is 17.0. The van der Waals surface area contributed by atoms with Crippen molar-refractivity contribution in [2.24, 2.45) is 5.92 Å². The number of nitrogens with one attached hydrogen (secondary N) is 2. The number of rotatable bonds is 5. The third-order valence-electron chi connectivity index (χ3n) is 4.71. The van der Waals surface area contributed by atoms with Crippen molar-refractivity contribution in [2.45, 2.75) is 57.5 Å². The van der Waals surface area contributed by atoms with E-state index in [0.717, 1.165) is 38.5 Å². The van der Waals surface area contributed by atoms with Crippen molar-refractivity contribution in [2.75, 3.05) is 19.3 Å². The van der Waals surface area contributed by atoms with Gasteiger partial charge >= 0.3 is 0 Å². The standard InChI is InChI=1S/C15H27N3O4S/c1-11(19)16-14(12-6-3-4-7-12)15(20)17-13-8-5-9-18(10-13)23(2,21)22/h12-14H,3-10H2,1-2H3,(H,16,19)(H,17,20). The number of amides is 2. The van der Waals surface area contributed by atoms with Crippen LogP contribution in [0.15, 0.2) is 0 Å². The summed E-state index contributed by atoms with van der Waals surface area (Å²) in [5.41, 5.74) is 0. The molecule has 132 valence electrons. The number of carbonyl (C=O) groups excluding carboxylic acids is 2. The minimum Gasteiger partial charge on any atom is -0.350 e. The second kappa shape index (κ2) is 7.61. The largest absolute Gasteiger partial charge is 0.350 e. The molecule has 2 aliphatic rings. The Morgan fingerprint density at radius 1 is 1.13 bits per heavy atom. The molecule has 0 spiro atoms. The third kappa shape index (κ3) is 5.17. The van der Waals surface area contributed by atoms with Gasteiger partial charge in [-0.1, -0.05) is 12.8 Å². The van der Waals surface area contributed by atoms with Crippen LogP contribution in [0.2, 0.25) is 0 Å². The van der Waals surface area contributed by atoms with Gasteiger partial charge in [-0.25, -0.2) is 12.7 Å².